The molecule has 0 saturated heterocycles. The summed E-state index contributed by atoms with van der Waals surface area (Å²) in [5, 5.41) is 3.06. The van der Waals surface area contributed by atoms with E-state index in [1.807, 2.05) is 11.6 Å². The molecule has 0 aromatic carbocycles. The number of aromatic nitrogens is 4. The largest absolute Gasteiger partial charge is 0.347 e. The van der Waals surface area contributed by atoms with Gasteiger partial charge in [-0.3, -0.25) is 4.79 Å². The first-order valence-corrected chi connectivity index (χ1v) is 7.74. The number of amides is 1. The van der Waals surface area contributed by atoms with E-state index in [4.69, 9.17) is 0 Å². The van der Waals surface area contributed by atoms with Crippen molar-refractivity contribution < 1.29 is 4.79 Å². The molecule has 6 heteroatoms. The Morgan fingerprint density at radius 2 is 2.09 bits per heavy atom. The summed E-state index contributed by atoms with van der Waals surface area (Å²) in [6.07, 6.45) is 9.46. The van der Waals surface area contributed by atoms with Crippen LogP contribution in [0.25, 0.3) is 11.4 Å². The standard InChI is InChI=1S/C16H21N5O/c1-11-3-5-12(6-4-11)19-16(22)15-18-8-7-13(20-15)14-9-17-10-21(14)2/h7-12H,3-6H2,1-2H3,(H,19,22). The molecule has 1 aliphatic rings. The third kappa shape index (κ3) is 3.16. The summed E-state index contributed by atoms with van der Waals surface area (Å²) in [5.41, 5.74) is 1.57. The Balaban J connectivity index is 1.72. The summed E-state index contributed by atoms with van der Waals surface area (Å²) in [7, 11) is 1.90. The molecule has 0 unspecified atom stereocenters. The van der Waals surface area contributed by atoms with Crippen molar-refractivity contribution in [2.24, 2.45) is 13.0 Å². The van der Waals surface area contributed by atoms with E-state index in [-0.39, 0.29) is 17.8 Å². The summed E-state index contributed by atoms with van der Waals surface area (Å²) in [6.45, 7) is 2.26. The molecule has 22 heavy (non-hydrogen) atoms. The van der Waals surface area contributed by atoms with Crippen molar-refractivity contribution in [3.63, 3.8) is 0 Å². The molecule has 0 radical (unpaired) electrons. The van der Waals surface area contributed by atoms with Crippen molar-refractivity contribution in [1.82, 2.24) is 24.8 Å². The summed E-state index contributed by atoms with van der Waals surface area (Å²) < 4.78 is 1.87. The minimum Gasteiger partial charge on any atom is -0.347 e. The number of carbonyl (C=O) groups is 1. The predicted octanol–water partition coefficient (Wildman–Crippen LogP) is 2.19. The van der Waals surface area contributed by atoms with E-state index in [2.05, 4.69) is 27.2 Å². The van der Waals surface area contributed by atoms with Gasteiger partial charge in [-0.05, 0) is 37.7 Å². The van der Waals surface area contributed by atoms with E-state index >= 15 is 0 Å². The van der Waals surface area contributed by atoms with Gasteiger partial charge in [-0.15, -0.1) is 0 Å². The molecule has 1 amide bonds. The van der Waals surface area contributed by atoms with Crippen LogP contribution in [0.5, 0.6) is 0 Å². The van der Waals surface area contributed by atoms with Crippen LogP contribution in [0.2, 0.25) is 0 Å². The number of hydrogen-bond acceptors (Lipinski definition) is 4. The highest BCUT2D eigenvalue weighted by Crippen LogP contribution is 2.23. The molecule has 116 valence electrons. The predicted molar refractivity (Wildman–Crippen MR) is 83.1 cm³/mol. The molecule has 2 aromatic rings. The molecule has 6 nitrogen and oxygen atoms in total. The van der Waals surface area contributed by atoms with Gasteiger partial charge in [0, 0.05) is 19.3 Å². The van der Waals surface area contributed by atoms with Gasteiger partial charge in [-0.25, -0.2) is 15.0 Å². The number of carbonyl (C=O) groups excluding carboxylic acids is 1. The van der Waals surface area contributed by atoms with Crippen LogP contribution in [0, 0.1) is 5.92 Å². The maximum Gasteiger partial charge on any atom is 0.289 e. The lowest BCUT2D eigenvalue weighted by Gasteiger charge is -2.26. The first-order valence-electron chi connectivity index (χ1n) is 7.74. The zero-order valence-electron chi connectivity index (χ0n) is 13.0. The van der Waals surface area contributed by atoms with Gasteiger partial charge >= 0.3 is 0 Å². The van der Waals surface area contributed by atoms with E-state index in [1.54, 1.807) is 24.8 Å². The van der Waals surface area contributed by atoms with Crippen LogP contribution in [0.1, 0.15) is 43.2 Å². The second-order valence-corrected chi connectivity index (χ2v) is 6.09. The van der Waals surface area contributed by atoms with Gasteiger partial charge < -0.3 is 9.88 Å². The van der Waals surface area contributed by atoms with Crippen LogP contribution < -0.4 is 5.32 Å². The zero-order chi connectivity index (χ0) is 15.5. The van der Waals surface area contributed by atoms with Crippen LogP contribution in [-0.2, 0) is 7.05 Å². The van der Waals surface area contributed by atoms with Crippen molar-refractivity contribution in [3.05, 3.63) is 30.6 Å². The first kappa shape index (κ1) is 14.7. The van der Waals surface area contributed by atoms with E-state index < -0.39 is 0 Å². The molecule has 2 aromatic heterocycles. The second-order valence-electron chi connectivity index (χ2n) is 6.09. The smallest absolute Gasteiger partial charge is 0.289 e. The Kier molecular flexibility index (Phi) is 4.18. The number of rotatable bonds is 3. The second kappa shape index (κ2) is 6.25. The van der Waals surface area contributed by atoms with Crippen LogP contribution in [0.15, 0.2) is 24.8 Å². The maximum absolute atomic E-state index is 12.3. The molecule has 1 fully saturated rings. The third-order valence-electron chi connectivity index (χ3n) is 4.29. The van der Waals surface area contributed by atoms with Crippen molar-refractivity contribution in [2.75, 3.05) is 0 Å². The Bertz CT molecular complexity index is 658. The Morgan fingerprint density at radius 3 is 2.77 bits per heavy atom. The molecule has 0 atom stereocenters. The number of nitrogens with zero attached hydrogens (tertiary/aromatic N) is 4. The van der Waals surface area contributed by atoms with E-state index in [0.29, 0.717) is 5.69 Å². The normalized spacial score (nSPS) is 21.5. The highest BCUT2D eigenvalue weighted by Gasteiger charge is 2.21. The average molecular weight is 299 g/mol. The lowest BCUT2D eigenvalue weighted by atomic mass is 9.87. The van der Waals surface area contributed by atoms with Crippen LogP contribution in [-0.4, -0.2) is 31.5 Å². The van der Waals surface area contributed by atoms with Gasteiger partial charge in [0.05, 0.1) is 23.9 Å². The van der Waals surface area contributed by atoms with Crippen molar-refractivity contribution in [3.8, 4) is 11.4 Å². The molecule has 1 aliphatic carbocycles. The number of imidazole rings is 1. The minimum absolute atomic E-state index is 0.191. The molecule has 1 saturated carbocycles. The average Bonchev–Trinajstić information content (AvgIpc) is 2.96. The molecule has 0 aliphatic heterocycles. The fourth-order valence-electron chi connectivity index (χ4n) is 2.87. The van der Waals surface area contributed by atoms with Crippen molar-refractivity contribution in [1.29, 1.82) is 0 Å². The highest BCUT2D eigenvalue weighted by atomic mass is 16.2. The van der Waals surface area contributed by atoms with Crippen molar-refractivity contribution in [2.45, 2.75) is 38.6 Å². The van der Waals surface area contributed by atoms with Crippen molar-refractivity contribution >= 4 is 5.91 Å². The van der Waals surface area contributed by atoms with Crippen LogP contribution in [0.3, 0.4) is 0 Å². The Labute approximate surface area is 130 Å². The van der Waals surface area contributed by atoms with E-state index in [0.717, 1.165) is 24.5 Å². The first-order chi connectivity index (χ1) is 10.6. The molecule has 0 bridgehead atoms. The molecular formula is C16H21N5O. The summed E-state index contributed by atoms with van der Waals surface area (Å²) in [4.78, 5) is 24.9. The topological polar surface area (TPSA) is 72.7 Å². The van der Waals surface area contributed by atoms with Gasteiger partial charge in [0.2, 0.25) is 5.82 Å². The van der Waals surface area contributed by atoms with Gasteiger partial charge in [0.15, 0.2) is 0 Å². The molecular weight excluding hydrogens is 278 g/mol. The number of nitrogens with one attached hydrogen (secondary N) is 1. The monoisotopic (exact) mass is 299 g/mol. The van der Waals surface area contributed by atoms with Gasteiger partial charge in [-0.2, -0.15) is 0 Å². The van der Waals surface area contributed by atoms with Crippen LogP contribution in [0.4, 0.5) is 0 Å². The lowest BCUT2D eigenvalue weighted by Crippen LogP contribution is -2.38. The van der Waals surface area contributed by atoms with Gasteiger partial charge in [-0.1, -0.05) is 6.92 Å². The minimum atomic E-state index is -0.191. The molecule has 1 N–H and O–H groups in total. The number of aryl methyl sites for hydroxylation is 1. The zero-order valence-corrected chi connectivity index (χ0v) is 13.0. The Morgan fingerprint density at radius 1 is 1.32 bits per heavy atom. The fourth-order valence-corrected chi connectivity index (χ4v) is 2.87. The summed E-state index contributed by atoms with van der Waals surface area (Å²) >= 11 is 0. The van der Waals surface area contributed by atoms with E-state index in [9.17, 15) is 4.79 Å². The lowest BCUT2D eigenvalue weighted by molar-refractivity contribution is 0.0912. The fraction of sp³-hybridized carbons (Fsp3) is 0.500. The van der Waals surface area contributed by atoms with Gasteiger partial charge in [0.1, 0.15) is 0 Å². The highest BCUT2D eigenvalue weighted by molar-refractivity contribution is 5.91. The summed E-state index contributed by atoms with van der Waals surface area (Å²) in [5.74, 6) is 0.790. The summed E-state index contributed by atoms with van der Waals surface area (Å²) in [6, 6.07) is 2.03. The number of hydrogen-bond donors (Lipinski definition) is 1. The molecule has 2 heterocycles. The van der Waals surface area contributed by atoms with E-state index in [1.165, 1.54) is 12.8 Å². The Hall–Kier alpha value is -2.24. The molecule has 0 spiro atoms. The SMILES string of the molecule is CC1CCC(NC(=O)c2nccc(-c3cncn3C)n2)CC1. The van der Waals surface area contributed by atoms with Gasteiger partial charge in [0.25, 0.3) is 5.91 Å². The molecule has 3 rings (SSSR count). The van der Waals surface area contributed by atoms with Crippen LogP contribution >= 0.6 is 0 Å². The third-order valence-corrected chi connectivity index (χ3v) is 4.29. The quantitative estimate of drug-likeness (QED) is 0.943. The maximum atomic E-state index is 12.3.